The predicted molar refractivity (Wildman–Crippen MR) is 118 cm³/mol. The van der Waals surface area contributed by atoms with Gasteiger partial charge in [-0.15, -0.1) is 0 Å². The van der Waals surface area contributed by atoms with Crippen molar-refractivity contribution in [2.75, 3.05) is 6.61 Å². The number of carbonyl (C=O) groups is 2. The zero-order chi connectivity index (χ0) is 22.0. The minimum absolute atomic E-state index is 0.174. The molecule has 0 spiro atoms. The molecule has 3 atom stereocenters. The van der Waals surface area contributed by atoms with Crippen LogP contribution in [-0.2, 0) is 20.7 Å². The maximum atomic E-state index is 12.9. The third-order valence-corrected chi connectivity index (χ3v) is 6.46. The lowest BCUT2D eigenvalue weighted by molar-refractivity contribution is -0.153. The van der Waals surface area contributed by atoms with E-state index in [0.717, 1.165) is 55.6 Å². The first kappa shape index (κ1) is 21.8. The quantitative estimate of drug-likeness (QED) is 0.677. The highest BCUT2D eigenvalue weighted by Gasteiger charge is 2.28. The maximum Gasteiger partial charge on any atom is 0.308 e. The molecule has 2 aromatic rings. The Balaban J connectivity index is 1.60. The summed E-state index contributed by atoms with van der Waals surface area (Å²) in [6.07, 6.45) is 5.93. The van der Waals surface area contributed by atoms with Gasteiger partial charge < -0.3 is 19.4 Å². The van der Waals surface area contributed by atoms with E-state index in [-0.39, 0.29) is 36.5 Å². The normalized spacial score (nSPS) is 24.0. The molecule has 1 aromatic carbocycles. The Morgan fingerprint density at radius 3 is 2.81 bits per heavy atom. The average molecular weight is 428 g/mol. The van der Waals surface area contributed by atoms with Gasteiger partial charge in [-0.3, -0.25) is 9.59 Å². The molecular formula is C24H33N3O4. The molecule has 0 bridgehead atoms. The Morgan fingerprint density at radius 1 is 1.32 bits per heavy atom. The Bertz CT molecular complexity index is 944. The topological polar surface area (TPSA) is 82.5 Å². The van der Waals surface area contributed by atoms with E-state index in [0.29, 0.717) is 18.0 Å². The van der Waals surface area contributed by atoms with Crippen molar-refractivity contribution in [3.05, 3.63) is 29.6 Å². The fourth-order valence-corrected chi connectivity index (χ4v) is 4.89. The second-order valence-corrected chi connectivity index (χ2v) is 8.82. The smallest absolute Gasteiger partial charge is 0.308 e. The largest absolute Gasteiger partial charge is 0.463 e. The highest BCUT2D eigenvalue weighted by Crippen LogP contribution is 2.29. The highest BCUT2D eigenvalue weighted by atomic mass is 16.5. The first-order chi connectivity index (χ1) is 15.0. The molecular weight excluding hydrogens is 394 g/mol. The van der Waals surface area contributed by atoms with Crippen molar-refractivity contribution in [1.29, 1.82) is 0 Å². The molecule has 2 fully saturated rings. The lowest BCUT2D eigenvalue weighted by atomic mass is 10.0. The van der Waals surface area contributed by atoms with E-state index >= 15 is 0 Å². The van der Waals surface area contributed by atoms with Gasteiger partial charge in [-0.25, -0.2) is 4.98 Å². The zero-order valence-electron chi connectivity index (χ0n) is 18.7. The zero-order valence-corrected chi connectivity index (χ0v) is 18.7. The summed E-state index contributed by atoms with van der Waals surface area (Å²) < 4.78 is 13.4. The van der Waals surface area contributed by atoms with Crippen LogP contribution in [0, 0.1) is 0 Å². The fraction of sp³-hybridized carbons (Fsp3) is 0.625. The van der Waals surface area contributed by atoms with Crippen LogP contribution < -0.4 is 5.32 Å². The molecule has 1 aromatic heterocycles. The number of hydrogen-bond donors (Lipinski definition) is 1. The molecule has 2 aliphatic rings. The number of cyclic esters (lactones) is 1. The molecule has 3 unspecified atom stereocenters. The van der Waals surface area contributed by atoms with Gasteiger partial charge in [-0.1, -0.05) is 13.8 Å². The lowest BCUT2D eigenvalue weighted by Gasteiger charge is -2.27. The Hall–Kier alpha value is -2.41. The number of amides is 1. The summed E-state index contributed by atoms with van der Waals surface area (Å²) in [7, 11) is 0. The van der Waals surface area contributed by atoms with Crippen LogP contribution >= 0.6 is 0 Å². The van der Waals surface area contributed by atoms with Gasteiger partial charge in [0.2, 0.25) is 0 Å². The molecule has 0 saturated carbocycles. The van der Waals surface area contributed by atoms with Crippen molar-refractivity contribution >= 4 is 22.9 Å². The molecule has 7 nitrogen and oxygen atoms in total. The van der Waals surface area contributed by atoms with E-state index in [9.17, 15) is 9.59 Å². The Morgan fingerprint density at radius 2 is 2.13 bits per heavy atom. The van der Waals surface area contributed by atoms with Gasteiger partial charge >= 0.3 is 5.97 Å². The molecule has 4 rings (SSSR count). The van der Waals surface area contributed by atoms with E-state index < -0.39 is 0 Å². The first-order valence-corrected chi connectivity index (χ1v) is 11.6. The van der Waals surface area contributed by atoms with Crippen LogP contribution in [-0.4, -0.2) is 46.3 Å². The predicted octanol–water partition coefficient (Wildman–Crippen LogP) is 3.94. The summed E-state index contributed by atoms with van der Waals surface area (Å²) in [5, 5.41) is 2.99. The number of carbonyl (C=O) groups excluding carboxylic acids is 2. The van der Waals surface area contributed by atoms with Gasteiger partial charge in [-0.2, -0.15) is 0 Å². The van der Waals surface area contributed by atoms with Crippen molar-refractivity contribution in [1.82, 2.24) is 14.9 Å². The highest BCUT2D eigenvalue weighted by molar-refractivity contribution is 5.97. The number of ether oxygens (including phenoxy) is 2. The van der Waals surface area contributed by atoms with Crippen LogP contribution in [0.5, 0.6) is 0 Å². The number of nitrogens with one attached hydrogen (secondary N) is 1. The number of rotatable bonds is 7. The van der Waals surface area contributed by atoms with E-state index in [1.54, 1.807) is 0 Å². The van der Waals surface area contributed by atoms with Gasteiger partial charge in [0, 0.05) is 37.1 Å². The molecule has 31 heavy (non-hydrogen) atoms. The minimum Gasteiger partial charge on any atom is -0.463 e. The molecule has 0 aliphatic carbocycles. The molecule has 1 N–H and O–H groups in total. The van der Waals surface area contributed by atoms with Crippen LogP contribution in [0.25, 0.3) is 11.0 Å². The van der Waals surface area contributed by atoms with Crippen molar-refractivity contribution in [3.63, 3.8) is 0 Å². The van der Waals surface area contributed by atoms with E-state index in [1.165, 1.54) is 0 Å². The second kappa shape index (κ2) is 9.39. The van der Waals surface area contributed by atoms with Crippen molar-refractivity contribution in [2.45, 2.75) is 90.0 Å². The van der Waals surface area contributed by atoms with Crippen molar-refractivity contribution < 1.29 is 19.1 Å². The second-order valence-electron chi connectivity index (χ2n) is 8.82. The van der Waals surface area contributed by atoms with Crippen LogP contribution in [0.4, 0.5) is 0 Å². The number of fused-ring (bicyclic) bond motifs is 1. The van der Waals surface area contributed by atoms with Crippen LogP contribution in [0.3, 0.4) is 0 Å². The monoisotopic (exact) mass is 427 g/mol. The Labute approximate surface area is 183 Å². The fourth-order valence-electron chi connectivity index (χ4n) is 4.89. The average Bonchev–Trinajstić information content (AvgIpc) is 3.36. The molecule has 2 aliphatic heterocycles. The van der Waals surface area contributed by atoms with E-state index in [4.69, 9.17) is 14.5 Å². The summed E-state index contributed by atoms with van der Waals surface area (Å²) in [6, 6.07) is 5.91. The van der Waals surface area contributed by atoms with E-state index in [2.05, 4.69) is 23.7 Å². The molecule has 2 saturated heterocycles. The van der Waals surface area contributed by atoms with Gasteiger partial charge in [0.15, 0.2) is 0 Å². The summed E-state index contributed by atoms with van der Waals surface area (Å²) >= 11 is 0. The lowest BCUT2D eigenvalue weighted by Crippen LogP contribution is -2.43. The molecule has 0 radical (unpaired) electrons. The SMILES string of the molecule is CCC(CC)n1c(CC2CCCO2)nc2cc(C(=O)NC3CC(=O)OC(C)C3)ccc21. The number of benzene rings is 1. The Kier molecular flexibility index (Phi) is 6.60. The molecule has 7 heteroatoms. The van der Waals surface area contributed by atoms with Gasteiger partial charge in [-0.05, 0) is 50.8 Å². The van der Waals surface area contributed by atoms with Gasteiger partial charge in [0.1, 0.15) is 11.9 Å². The van der Waals surface area contributed by atoms with Crippen LogP contribution in [0.15, 0.2) is 18.2 Å². The van der Waals surface area contributed by atoms with Crippen molar-refractivity contribution in [3.8, 4) is 0 Å². The van der Waals surface area contributed by atoms with Gasteiger partial charge in [0.25, 0.3) is 5.91 Å². The molecule has 168 valence electrons. The minimum atomic E-state index is -0.262. The summed E-state index contributed by atoms with van der Waals surface area (Å²) in [5.41, 5.74) is 2.47. The number of imidazole rings is 1. The number of aromatic nitrogens is 2. The van der Waals surface area contributed by atoms with E-state index in [1.807, 2.05) is 25.1 Å². The standard InChI is InChI=1S/C24H33N3O4/c1-4-18(5-2)27-21-9-8-16(24(29)25-17-11-15(3)31-23(28)13-17)12-20(21)26-22(27)14-19-7-6-10-30-19/h8-9,12,15,17-19H,4-7,10-11,13-14H2,1-3H3,(H,25,29). The number of hydrogen-bond acceptors (Lipinski definition) is 5. The number of esters is 1. The van der Waals surface area contributed by atoms with Crippen molar-refractivity contribution in [2.24, 2.45) is 0 Å². The summed E-state index contributed by atoms with van der Waals surface area (Å²) in [5.74, 6) is 0.603. The third-order valence-electron chi connectivity index (χ3n) is 6.46. The van der Waals surface area contributed by atoms with Crippen LogP contribution in [0.2, 0.25) is 0 Å². The summed E-state index contributed by atoms with van der Waals surface area (Å²) in [6.45, 7) is 7.08. The molecule has 1 amide bonds. The van der Waals surface area contributed by atoms with Crippen LogP contribution in [0.1, 0.15) is 81.5 Å². The number of nitrogens with zero attached hydrogens (tertiary/aromatic N) is 2. The summed E-state index contributed by atoms with van der Waals surface area (Å²) in [4.78, 5) is 29.5. The maximum absolute atomic E-state index is 12.9. The molecule has 3 heterocycles. The van der Waals surface area contributed by atoms with Gasteiger partial charge in [0.05, 0.1) is 23.6 Å². The third kappa shape index (κ3) is 4.76. The first-order valence-electron chi connectivity index (χ1n) is 11.6.